The molecule has 136 valence electrons. The molecule has 0 aliphatic carbocycles. The smallest absolute Gasteiger partial charge is 0.355 e. The van der Waals surface area contributed by atoms with Crippen LogP contribution >= 0.6 is 23.2 Å². The summed E-state index contributed by atoms with van der Waals surface area (Å²) in [5.41, 5.74) is -0.918. The van der Waals surface area contributed by atoms with E-state index < -0.39 is 22.5 Å². The molecule has 0 spiro atoms. The molecule has 1 aliphatic rings. The number of allylic oxidation sites excluding steroid dienone is 2. The maximum Gasteiger partial charge on any atom is 0.355 e. The number of nitro benzene ring substituents is 1. The lowest BCUT2D eigenvalue weighted by atomic mass is 10.1. The number of hydrogen-bond acceptors (Lipinski definition) is 7. The standard InChI is InChI=1S/C16H12Cl2N2O6/c1-25-15(21)9-5-3-4-6-19(14(9)16(22)26-2)12-7-10(17)11(18)8-13(12)20(23)24/h3-8H,1-2H3. The molecule has 1 aromatic rings. The molecule has 1 heterocycles. The quantitative estimate of drug-likeness (QED) is 0.435. The zero-order chi connectivity index (χ0) is 19.4. The monoisotopic (exact) mass is 398 g/mol. The number of hydrogen-bond donors (Lipinski definition) is 0. The number of ether oxygens (including phenoxy) is 2. The average Bonchev–Trinajstić information content (AvgIpc) is 2.84. The Kier molecular flexibility index (Phi) is 6.01. The number of nitro groups is 1. The van der Waals surface area contributed by atoms with E-state index >= 15 is 0 Å². The molecule has 1 aliphatic heterocycles. The predicted molar refractivity (Wildman–Crippen MR) is 94.9 cm³/mol. The van der Waals surface area contributed by atoms with Gasteiger partial charge in [-0.2, -0.15) is 0 Å². The number of methoxy groups -OCH3 is 2. The summed E-state index contributed by atoms with van der Waals surface area (Å²) in [6.45, 7) is 0. The molecule has 2 rings (SSSR count). The first kappa shape index (κ1) is 19.5. The Morgan fingerprint density at radius 2 is 1.69 bits per heavy atom. The van der Waals surface area contributed by atoms with Gasteiger partial charge in [0, 0.05) is 12.3 Å². The van der Waals surface area contributed by atoms with Gasteiger partial charge in [-0.05, 0) is 18.2 Å². The van der Waals surface area contributed by atoms with Crippen LogP contribution < -0.4 is 4.90 Å². The van der Waals surface area contributed by atoms with Gasteiger partial charge < -0.3 is 14.4 Å². The highest BCUT2D eigenvalue weighted by molar-refractivity contribution is 6.42. The SMILES string of the molecule is COC(=O)C1=C(C(=O)OC)N(c2cc(Cl)c(Cl)cc2[N+](=O)[O-])C=CC=C1. The highest BCUT2D eigenvalue weighted by Crippen LogP contribution is 2.39. The van der Waals surface area contributed by atoms with E-state index in [9.17, 15) is 19.7 Å². The fraction of sp³-hybridized carbons (Fsp3) is 0.125. The van der Waals surface area contributed by atoms with E-state index in [0.717, 1.165) is 25.2 Å². The van der Waals surface area contributed by atoms with Crippen LogP contribution in [0.1, 0.15) is 0 Å². The molecule has 0 bridgehead atoms. The number of rotatable bonds is 4. The maximum absolute atomic E-state index is 12.3. The zero-order valence-electron chi connectivity index (χ0n) is 13.6. The fourth-order valence-corrected chi connectivity index (χ4v) is 2.53. The van der Waals surface area contributed by atoms with Crippen LogP contribution in [0.25, 0.3) is 0 Å². The maximum atomic E-state index is 12.3. The molecule has 10 heteroatoms. The van der Waals surface area contributed by atoms with Crippen molar-refractivity contribution < 1.29 is 24.0 Å². The van der Waals surface area contributed by atoms with E-state index in [1.54, 1.807) is 0 Å². The molecule has 0 atom stereocenters. The molecule has 26 heavy (non-hydrogen) atoms. The Bertz CT molecular complexity index is 876. The minimum absolute atomic E-state index is 0.0294. The average molecular weight is 399 g/mol. The van der Waals surface area contributed by atoms with Crippen LogP contribution in [-0.4, -0.2) is 31.1 Å². The Balaban J connectivity index is 2.81. The summed E-state index contributed by atoms with van der Waals surface area (Å²) in [7, 11) is 2.26. The molecule has 0 fully saturated rings. The van der Waals surface area contributed by atoms with E-state index in [1.165, 1.54) is 30.5 Å². The van der Waals surface area contributed by atoms with Gasteiger partial charge in [-0.25, -0.2) is 9.59 Å². The number of anilines is 1. The van der Waals surface area contributed by atoms with Gasteiger partial charge >= 0.3 is 11.9 Å². The van der Waals surface area contributed by atoms with Crippen LogP contribution in [-0.2, 0) is 19.1 Å². The molecule has 0 amide bonds. The molecule has 0 N–H and O–H groups in total. The van der Waals surface area contributed by atoms with Crippen molar-refractivity contribution in [1.82, 2.24) is 0 Å². The van der Waals surface area contributed by atoms with Crippen molar-refractivity contribution in [3.8, 4) is 0 Å². The van der Waals surface area contributed by atoms with Crippen molar-refractivity contribution in [1.29, 1.82) is 0 Å². The van der Waals surface area contributed by atoms with Crippen LogP contribution in [0, 0.1) is 10.1 Å². The van der Waals surface area contributed by atoms with Gasteiger partial charge in [-0.15, -0.1) is 0 Å². The summed E-state index contributed by atoms with van der Waals surface area (Å²) in [6.07, 6.45) is 5.63. The van der Waals surface area contributed by atoms with Crippen LogP contribution in [0.4, 0.5) is 11.4 Å². The molecule has 0 unspecified atom stereocenters. The third kappa shape index (κ3) is 3.71. The van der Waals surface area contributed by atoms with Crippen LogP contribution in [0.3, 0.4) is 0 Å². The van der Waals surface area contributed by atoms with Crippen LogP contribution in [0.15, 0.2) is 47.8 Å². The molecule has 0 saturated carbocycles. The highest BCUT2D eigenvalue weighted by atomic mass is 35.5. The number of carbonyl (C=O) groups excluding carboxylic acids is 2. The molecule has 1 aromatic carbocycles. The lowest BCUT2D eigenvalue weighted by molar-refractivity contribution is -0.384. The second-order valence-electron chi connectivity index (χ2n) is 4.83. The lowest BCUT2D eigenvalue weighted by Crippen LogP contribution is -2.27. The molecule has 0 aromatic heterocycles. The Morgan fingerprint density at radius 3 is 2.27 bits per heavy atom. The lowest BCUT2D eigenvalue weighted by Gasteiger charge is -2.23. The van der Waals surface area contributed by atoms with Crippen molar-refractivity contribution in [2.45, 2.75) is 0 Å². The summed E-state index contributed by atoms with van der Waals surface area (Å²) in [4.78, 5) is 36.3. The molecular formula is C16H12Cl2N2O6. The van der Waals surface area contributed by atoms with Gasteiger partial charge in [0.2, 0.25) is 0 Å². The van der Waals surface area contributed by atoms with Crippen molar-refractivity contribution in [3.63, 3.8) is 0 Å². The largest absolute Gasteiger partial charge is 0.465 e. The van der Waals surface area contributed by atoms with Crippen LogP contribution in [0.2, 0.25) is 10.0 Å². The Hall–Kier alpha value is -2.84. The highest BCUT2D eigenvalue weighted by Gasteiger charge is 2.31. The first-order valence-corrected chi connectivity index (χ1v) is 7.75. The summed E-state index contributed by atoms with van der Waals surface area (Å²) >= 11 is 11.9. The summed E-state index contributed by atoms with van der Waals surface area (Å²) in [6, 6.07) is 2.27. The second kappa shape index (κ2) is 8.03. The first-order valence-electron chi connectivity index (χ1n) is 7.00. The first-order chi connectivity index (χ1) is 12.3. The van der Waals surface area contributed by atoms with Gasteiger partial charge in [0.1, 0.15) is 11.4 Å². The Labute approximate surface area is 158 Å². The van der Waals surface area contributed by atoms with Crippen LogP contribution in [0.5, 0.6) is 0 Å². The van der Waals surface area contributed by atoms with Gasteiger partial charge in [0.25, 0.3) is 5.69 Å². The topological polar surface area (TPSA) is 99.0 Å². The Morgan fingerprint density at radius 1 is 1.08 bits per heavy atom. The van der Waals surface area contributed by atoms with Crippen molar-refractivity contribution >= 4 is 46.5 Å². The van der Waals surface area contributed by atoms with Crippen molar-refractivity contribution in [2.75, 3.05) is 19.1 Å². The molecular weight excluding hydrogens is 387 g/mol. The van der Waals surface area contributed by atoms with E-state index in [0.29, 0.717) is 0 Å². The molecule has 8 nitrogen and oxygen atoms in total. The third-order valence-electron chi connectivity index (χ3n) is 3.36. The van der Waals surface area contributed by atoms with Gasteiger partial charge in [0.15, 0.2) is 0 Å². The van der Waals surface area contributed by atoms with Gasteiger partial charge in [-0.3, -0.25) is 10.1 Å². The van der Waals surface area contributed by atoms with E-state index in [-0.39, 0.29) is 27.0 Å². The number of benzene rings is 1. The minimum Gasteiger partial charge on any atom is -0.465 e. The summed E-state index contributed by atoms with van der Waals surface area (Å²) in [5.74, 6) is -1.72. The predicted octanol–water partition coefficient (Wildman–Crippen LogP) is 3.39. The number of esters is 2. The minimum atomic E-state index is -0.901. The summed E-state index contributed by atoms with van der Waals surface area (Å²) < 4.78 is 9.42. The van der Waals surface area contributed by atoms with Crippen molar-refractivity contribution in [2.24, 2.45) is 0 Å². The van der Waals surface area contributed by atoms with Crippen molar-refractivity contribution in [3.05, 3.63) is 68.0 Å². The van der Waals surface area contributed by atoms with E-state index in [1.807, 2.05) is 0 Å². The van der Waals surface area contributed by atoms with Gasteiger partial charge in [-0.1, -0.05) is 29.3 Å². The van der Waals surface area contributed by atoms with E-state index in [2.05, 4.69) is 4.74 Å². The third-order valence-corrected chi connectivity index (χ3v) is 4.09. The number of nitrogens with zero attached hydrogens (tertiary/aromatic N) is 2. The second-order valence-corrected chi connectivity index (χ2v) is 5.64. The zero-order valence-corrected chi connectivity index (χ0v) is 15.1. The van der Waals surface area contributed by atoms with E-state index in [4.69, 9.17) is 27.9 Å². The number of carbonyl (C=O) groups is 2. The fourth-order valence-electron chi connectivity index (χ4n) is 2.22. The molecule has 0 saturated heterocycles. The molecule has 0 radical (unpaired) electrons. The van der Waals surface area contributed by atoms with Gasteiger partial charge in [0.05, 0.1) is 34.8 Å². The summed E-state index contributed by atoms with van der Waals surface area (Å²) in [5, 5.41) is 11.4. The normalized spacial score (nSPS) is 13.5. The number of halogens is 2.